The molecule has 0 spiro atoms. The molecule has 1 aliphatic rings. The number of nitrogens with zero attached hydrogens (tertiary/aromatic N) is 3. The minimum atomic E-state index is -0.0223. The van der Waals surface area contributed by atoms with Crippen LogP contribution in [0.4, 0.5) is 0 Å². The molecule has 2 amide bonds. The molecule has 7 heteroatoms. The summed E-state index contributed by atoms with van der Waals surface area (Å²) in [7, 11) is 3.26. The van der Waals surface area contributed by atoms with E-state index >= 15 is 0 Å². The first-order chi connectivity index (χ1) is 16.9. The van der Waals surface area contributed by atoms with Crippen LogP contribution in [0.3, 0.4) is 0 Å². The van der Waals surface area contributed by atoms with Crippen molar-refractivity contribution >= 4 is 17.9 Å². The molecule has 0 unspecified atom stereocenters. The van der Waals surface area contributed by atoms with Gasteiger partial charge in [0, 0.05) is 62.9 Å². The summed E-state index contributed by atoms with van der Waals surface area (Å²) < 4.78 is 10.7. The number of benzene rings is 2. The zero-order chi connectivity index (χ0) is 25.2. The number of amides is 2. The van der Waals surface area contributed by atoms with Crippen molar-refractivity contribution in [2.75, 3.05) is 60.0 Å². The Balaban J connectivity index is 1.66. The van der Waals surface area contributed by atoms with E-state index in [9.17, 15) is 9.59 Å². The van der Waals surface area contributed by atoms with Crippen molar-refractivity contribution in [3.05, 3.63) is 65.7 Å². The van der Waals surface area contributed by atoms with Gasteiger partial charge in [0.1, 0.15) is 11.5 Å². The smallest absolute Gasteiger partial charge is 0.254 e. The first-order valence-electron chi connectivity index (χ1n) is 12.2. The quantitative estimate of drug-likeness (QED) is 0.521. The van der Waals surface area contributed by atoms with Gasteiger partial charge in [-0.2, -0.15) is 0 Å². The molecule has 7 nitrogen and oxygen atoms in total. The van der Waals surface area contributed by atoms with Crippen molar-refractivity contribution in [1.29, 1.82) is 0 Å². The van der Waals surface area contributed by atoms with E-state index in [2.05, 4.69) is 4.90 Å². The lowest BCUT2D eigenvalue weighted by Crippen LogP contribution is -2.51. The van der Waals surface area contributed by atoms with Gasteiger partial charge >= 0.3 is 0 Å². The third-order valence-corrected chi connectivity index (χ3v) is 6.25. The van der Waals surface area contributed by atoms with Crippen LogP contribution < -0.4 is 9.47 Å². The Morgan fingerprint density at radius 2 is 1.66 bits per heavy atom. The van der Waals surface area contributed by atoms with E-state index in [0.717, 1.165) is 49.8 Å². The minimum Gasteiger partial charge on any atom is -0.497 e. The fourth-order valence-electron chi connectivity index (χ4n) is 4.12. The molecule has 0 aromatic heterocycles. The highest BCUT2D eigenvalue weighted by molar-refractivity contribution is 5.94. The van der Waals surface area contributed by atoms with Crippen LogP contribution in [0.2, 0.25) is 0 Å². The van der Waals surface area contributed by atoms with Crippen LogP contribution in [0.25, 0.3) is 6.08 Å². The van der Waals surface area contributed by atoms with Crippen molar-refractivity contribution in [3.63, 3.8) is 0 Å². The van der Waals surface area contributed by atoms with Gasteiger partial charge in [0.05, 0.1) is 14.2 Å². The number of hydrogen-bond donors (Lipinski definition) is 0. The monoisotopic (exact) mass is 479 g/mol. The molecule has 188 valence electrons. The van der Waals surface area contributed by atoms with Gasteiger partial charge in [0.2, 0.25) is 5.91 Å². The van der Waals surface area contributed by atoms with E-state index in [-0.39, 0.29) is 17.7 Å². The Morgan fingerprint density at radius 1 is 0.971 bits per heavy atom. The summed E-state index contributed by atoms with van der Waals surface area (Å²) in [6.07, 6.45) is 3.99. The maximum Gasteiger partial charge on any atom is 0.254 e. The number of hydrogen-bond acceptors (Lipinski definition) is 5. The molecule has 0 N–H and O–H groups in total. The van der Waals surface area contributed by atoms with Gasteiger partial charge in [-0.3, -0.25) is 14.5 Å². The molecule has 35 heavy (non-hydrogen) atoms. The Labute approximate surface area is 208 Å². The molecule has 0 aliphatic carbocycles. The van der Waals surface area contributed by atoms with Crippen LogP contribution in [0.1, 0.15) is 29.8 Å². The second kappa shape index (κ2) is 13.0. The standard InChI is InChI=1S/C28H37N3O4/c1-22(2)27(32)31-20-17-29(18-21-31)16-19-30(28(33)24-11-13-25(34-3)14-12-24)15-7-9-23-8-5-6-10-26(23)35-4/h5-14,22H,15-21H2,1-4H3/b9-7+. The molecule has 2 aromatic carbocycles. The predicted molar refractivity (Wildman–Crippen MR) is 139 cm³/mol. The molecule has 0 atom stereocenters. The van der Waals surface area contributed by atoms with Crippen LogP contribution in [0.5, 0.6) is 11.5 Å². The lowest BCUT2D eigenvalue weighted by atomic mass is 10.1. The average Bonchev–Trinajstić information content (AvgIpc) is 2.90. The highest BCUT2D eigenvalue weighted by Gasteiger charge is 2.23. The van der Waals surface area contributed by atoms with E-state index in [1.165, 1.54) is 0 Å². The first-order valence-corrected chi connectivity index (χ1v) is 12.2. The van der Waals surface area contributed by atoms with Crippen LogP contribution in [-0.2, 0) is 4.79 Å². The first kappa shape index (κ1) is 26.3. The fourth-order valence-corrected chi connectivity index (χ4v) is 4.12. The molecule has 0 saturated carbocycles. The second-order valence-corrected chi connectivity index (χ2v) is 8.95. The maximum absolute atomic E-state index is 13.4. The topological polar surface area (TPSA) is 62.3 Å². The van der Waals surface area contributed by atoms with E-state index < -0.39 is 0 Å². The molecule has 3 rings (SSSR count). The fraction of sp³-hybridized carbons (Fsp3) is 0.429. The normalized spacial score (nSPS) is 14.4. The van der Waals surface area contributed by atoms with Gasteiger partial charge in [0.15, 0.2) is 0 Å². The van der Waals surface area contributed by atoms with Gasteiger partial charge in [-0.05, 0) is 30.3 Å². The number of ether oxygens (including phenoxy) is 2. The number of para-hydroxylation sites is 1. The Kier molecular flexibility index (Phi) is 9.73. The lowest BCUT2D eigenvalue weighted by molar-refractivity contribution is -0.136. The summed E-state index contributed by atoms with van der Waals surface area (Å²) in [6.45, 7) is 8.82. The largest absolute Gasteiger partial charge is 0.497 e. The highest BCUT2D eigenvalue weighted by Crippen LogP contribution is 2.19. The van der Waals surface area contributed by atoms with E-state index in [1.807, 2.05) is 60.1 Å². The average molecular weight is 480 g/mol. The van der Waals surface area contributed by atoms with Crippen LogP contribution >= 0.6 is 0 Å². The predicted octanol–water partition coefficient (Wildman–Crippen LogP) is 3.66. The molecule has 0 radical (unpaired) electrons. The highest BCUT2D eigenvalue weighted by atomic mass is 16.5. The zero-order valence-corrected chi connectivity index (χ0v) is 21.3. The Hall–Kier alpha value is -3.32. The summed E-state index contributed by atoms with van der Waals surface area (Å²) in [5, 5.41) is 0. The molecule has 1 aliphatic heterocycles. The zero-order valence-electron chi connectivity index (χ0n) is 21.3. The molecule has 1 saturated heterocycles. The van der Waals surface area contributed by atoms with E-state index in [0.29, 0.717) is 18.7 Å². The third kappa shape index (κ3) is 7.33. The second-order valence-electron chi connectivity index (χ2n) is 8.95. The number of piperazine rings is 1. The maximum atomic E-state index is 13.4. The molecule has 1 fully saturated rings. The van der Waals surface area contributed by atoms with Gasteiger partial charge in [-0.25, -0.2) is 0 Å². The van der Waals surface area contributed by atoms with Crippen molar-refractivity contribution in [2.45, 2.75) is 13.8 Å². The van der Waals surface area contributed by atoms with E-state index in [1.54, 1.807) is 38.5 Å². The van der Waals surface area contributed by atoms with Crippen molar-refractivity contribution in [3.8, 4) is 11.5 Å². The Morgan fingerprint density at radius 3 is 2.29 bits per heavy atom. The molecular formula is C28H37N3O4. The van der Waals surface area contributed by atoms with Gasteiger partial charge in [0.25, 0.3) is 5.91 Å². The SMILES string of the molecule is COc1ccc(C(=O)N(C/C=C/c2ccccc2OC)CCN2CCN(C(=O)C(C)C)CC2)cc1. The lowest BCUT2D eigenvalue weighted by Gasteiger charge is -2.36. The van der Waals surface area contributed by atoms with E-state index in [4.69, 9.17) is 9.47 Å². The van der Waals surface area contributed by atoms with Crippen LogP contribution in [0.15, 0.2) is 54.6 Å². The third-order valence-electron chi connectivity index (χ3n) is 6.25. The molecular weight excluding hydrogens is 442 g/mol. The van der Waals surface area contributed by atoms with Gasteiger partial charge in [-0.15, -0.1) is 0 Å². The number of rotatable bonds is 10. The van der Waals surface area contributed by atoms with Gasteiger partial charge < -0.3 is 19.3 Å². The number of carbonyl (C=O) groups excluding carboxylic acids is 2. The van der Waals surface area contributed by atoms with Crippen molar-refractivity contribution in [1.82, 2.24) is 14.7 Å². The van der Waals surface area contributed by atoms with Gasteiger partial charge in [-0.1, -0.05) is 44.2 Å². The summed E-state index contributed by atoms with van der Waals surface area (Å²) in [4.78, 5) is 31.8. The number of carbonyl (C=O) groups is 2. The summed E-state index contributed by atoms with van der Waals surface area (Å²) >= 11 is 0. The molecule has 2 aromatic rings. The molecule has 0 bridgehead atoms. The summed E-state index contributed by atoms with van der Waals surface area (Å²) in [5.74, 6) is 1.73. The number of methoxy groups -OCH3 is 2. The Bertz CT molecular complexity index is 996. The van der Waals surface area contributed by atoms with Crippen molar-refractivity contribution < 1.29 is 19.1 Å². The minimum absolute atomic E-state index is 0.0223. The van der Waals surface area contributed by atoms with Crippen molar-refractivity contribution in [2.24, 2.45) is 5.92 Å². The summed E-state index contributed by atoms with van der Waals surface area (Å²) in [6, 6.07) is 15.0. The summed E-state index contributed by atoms with van der Waals surface area (Å²) in [5.41, 5.74) is 1.60. The van der Waals surface area contributed by atoms with Crippen LogP contribution in [-0.4, -0.2) is 86.5 Å². The van der Waals surface area contributed by atoms with Crippen LogP contribution in [0, 0.1) is 5.92 Å². The molecule has 1 heterocycles.